The van der Waals surface area contributed by atoms with E-state index in [0.717, 1.165) is 0 Å². The fraction of sp³-hybridized carbons (Fsp3) is 0.778. The molecule has 0 unspecified atom stereocenters. The molecule has 0 aromatic rings. The molecule has 4 aliphatic rings. The minimum absolute atomic E-state index is 1.19. The van der Waals surface area contributed by atoms with E-state index in [2.05, 4.69) is 30.6 Å². The van der Waals surface area contributed by atoms with Gasteiger partial charge in [0.2, 0.25) is 0 Å². The number of hydrogen-bond acceptors (Lipinski definition) is 5. The van der Waals surface area contributed by atoms with Crippen molar-refractivity contribution in [2.75, 3.05) is 39.3 Å². The van der Waals surface area contributed by atoms with E-state index >= 15 is 0 Å². The summed E-state index contributed by atoms with van der Waals surface area (Å²) in [5.74, 6) is 2.98. The Bertz CT molecular complexity index is 434. The van der Waals surface area contributed by atoms with E-state index in [1.165, 1.54) is 102 Å². The van der Waals surface area contributed by atoms with Crippen molar-refractivity contribution in [3.8, 4) is 0 Å². The summed E-state index contributed by atoms with van der Waals surface area (Å²) in [6.45, 7) is 7.37. The van der Waals surface area contributed by atoms with E-state index in [1.54, 1.807) is 0 Å². The van der Waals surface area contributed by atoms with Crippen LogP contribution in [-0.4, -0.2) is 57.7 Å². The van der Waals surface area contributed by atoms with Crippen molar-refractivity contribution in [2.24, 2.45) is 0 Å². The number of nitrogens with zero attached hydrogens (tertiary/aromatic N) is 4. The average molecular weight is 335 g/mol. The Morgan fingerprint density at radius 3 is 1.57 bits per heavy atom. The molecule has 4 heterocycles. The van der Waals surface area contributed by atoms with Crippen LogP contribution in [0.2, 0.25) is 0 Å². The van der Waals surface area contributed by atoms with Gasteiger partial charge in [-0.15, -0.1) is 0 Å². The zero-order valence-corrected chi connectivity index (χ0v) is 15.1. The molecule has 128 valence electrons. The third kappa shape index (κ3) is 3.44. The van der Waals surface area contributed by atoms with Crippen LogP contribution in [0.5, 0.6) is 0 Å². The molecule has 0 radical (unpaired) electrons. The van der Waals surface area contributed by atoms with Gasteiger partial charge < -0.3 is 9.80 Å². The van der Waals surface area contributed by atoms with Gasteiger partial charge in [0, 0.05) is 39.3 Å². The largest absolute Gasteiger partial charge is 0.358 e. The maximum absolute atomic E-state index is 2.62. The van der Waals surface area contributed by atoms with Gasteiger partial charge in [0.15, 0.2) is 0 Å². The van der Waals surface area contributed by atoms with Gasteiger partial charge in [0.05, 0.1) is 12.1 Å². The summed E-state index contributed by atoms with van der Waals surface area (Å²) in [6.07, 6.45) is 15.5. The molecule has 0 spiro atoms. The molecular weight excluding hydrogens is 304 g/mol. The van der Waals surface area contributed by atoms with Gasteiger partial charge in [-0.05, 0) is 63.5 Å². The van der Waals surface area contributed by atoms with Crippen LogP contribution in [0.1, 0.15) is 51.4 Å². The number of fused-ring (bicyclic) bond motifs is 2. The molecule has 0 N–H and O–H groups in total. The Labute approximate surface area is 145 Å². The zero-order valence-electron chi connectivity index (χ0n) is 14.3. The Hall–Kier alpha value is -0.970. The smallest absolute Gasteiger partial charge is 0.111 e. The van der Waals surface area contributed by atoms with Crippen LogP contribution in [0, 0.1) is 0 Å². The molecule has 0 atom stereocenters. The van der Waals surface area contributed by atoms with Gasteiger partial charge in [-0.25, -0.2) is 0 Å². The summed E-state index contributed by atoms with van der Waals surface area (Å²) in [5.41, 5.74) is 0. The lowest BCUT2D eigenvalue weighted by Gasteiger charge is -2.45. The lowest BCUT2D eigenvalue weighted by Crippen LogP contribution is -2.44. The number of allylic oxidation sites excluding steroid dienone is 2. The first kappa shape index (κ1) is 15.6. The first-order valence-electron chi connectivity index (χ1n) is 9.55. The highest BCUT2D eigenvalue weighted by molar-refractivity contribution is 7.94. The van der Waals surface area contributed by atoms with Crippen molar-refractivity contribution in [3.63, 3.8) is 0 Å². The monoisotopic (exact) mass is 334 g/mol. The molecule has 4 aliphatic heterocycles. The van der Waals surface area contributed by atoms with Crippen LogP contribution < -0.4 is 0 Å². The summed E-state index contributed by atoms with van der Waals surface area (Å²) >= 11 is 1.98. The Morgan fingerprint density at radius 1 is 0.565 bits per heavy atom. The predicted molar refractivity (Wildman–Crippen MR) is 97.3 cm³/mol. The fourth-order valence-corrected chi connectivity index (χ4v) is 5.35. The van der Waals surface area contributed by atoms with Crippen molar-refractivity contribution < 1.29 is 0 Å². The van der Waals surface area contributed by atoms with Gasteiger partial charge >= 0.3 is 0 Å². The minimum atomic E-state index is 1.19. The van der Waals surface area contributed by atoms with Crippen LogP contribution in [0.4, 0.5) is 0 Å². The molecule has 5 heteroatoms. The standard InChI is InChI=1S/C18H30N4S/c1-3-9-17-19(11-5-1)13-7-15-21(17)23-22-16-8-14-20-12-6-2-4-10-18(20)22/h9-10H,1-8,11-16H2. The zero-order chi connectivity index (χ0) is 15.5. The summed E-state index contributed by atoms with van der Waals surface area (Å²) in [6, 6.07) is 0. The maximum Gasteiger partial charge on any atom is 0.111 e. The van der Waals surface area contributed by atoms with Gasteiger partial charge in [0.25, 0.3) is 0 Å². The second-order valence-corrected chi connectivity index (χ2v) is 8.13. The molecule has 4 nitrogen and oxygen atoms in total. The maximum atomic E-state index is 2.62. The van der Waals surface area contributed by atoms with E-state index in [0.29, 0.717) is 0 Å². The summed E-state index contributed by atoms with van der Waals surface area (Å²) in [7, 11) is 0. The van der Waals surface area contributed by atoms with Gasteiger partial charge in [0.1, 0.15) is 11.6 Å². The van der Waals surface area contributed by atoms with Gasteiger partial charge in [-0.2, -0.15) is 0 Å². The summed E-state index contributed by atoms with van der Waals surface area (Å²) < 4.78 is 5.15. The first-order valence-corrected chi connectivity index (χ1v) is 10.3. The third-order valence-corrected chi connectivity index (χ3v) is 6.49. The fourth-order valence-electron chi connectivity index (χ4n) is 4.14. The second-order valence-electron chi connectivity index (χ2n) is 7.08. The average Bonchev–Trinajstić information content (AvgIpc) is 2.96. The van der Waals surface area contributed by atoms with Crippen LogP contribution >= 0.6 is 12.1 Å². The van der Waals surface area contributed by atoms with Crippen LogP contribution in [0.3, 0.4) is 0 Å². The summed E-state index contributed by atoms with van der Waals surface area (Å²) in [4.78, 5) is 5.24. The highest BCUT2D eigenvalue weighted by atomic mass is 32.2. The molecule has 0 bridgehead atoms. The van der Waals surface area contributed by atoms with Crippen molar-refractivity contribution in [1.29, 1.82) is 0 Å². The van der Waals surface area contributed by atoms with Crippen molar-refractivity contribution in [2.45, 2.75) is 51.4 Å². The third-order valence-electron chi connectivity index (χ3n) is 5.35. The SMILES string of the molecule is C1=C2N(CCCC1)CCCN2SN1CCCN2CCCCC=C21. The van der Waals surface area contributed by atoms with Crippen LogP contribution in [0.15, 0.2) is 23.8 Å². The highest BCUT2D eigenvalue weighted by Gasteiger charge is 2.29. The predicted octanol–water partition coefficient (Wildman–Crippen LogP) is 3.62. The van der Waals surface area contributed by atoms with Crippen molar-refractivity contribution in [3.05, 3.63) is 23.8 Å². The number of hydrogen-bond donors (Lipinski definition) is 0. The first-order chi connectivity index (χ1) is 11.4. The number of rotatable bonds is 2. The van der Waals surface area contributed by atoms with Crippen molar-refractivity contribution >= 4 is 12.1 Å². The Kier molecular flexibility index (Phi) is 4.93. The molecular formula is C18H30N4S. The molecule has 0 amide bonds. The molecule has 4 rings (SSSR count). The Morgan fingerprint density at radius 2 is 1.04 bits per heavy atom. The van der Waals surface area contributed by atoms with Crippen LogP contribution in [0.25, 0.3) is 0 Å². The second kappa shape index (κ2) is 7.29. The van der Waals surface area contributed by atoms with E-state index in [4.69, 9.17) is 0 Å². The van der Waals surface area contributed by atoms with Gasteiger partial charge in [-0.1, -0.05) is 0 Å². The molecule has 0 aromatic carbocycles. The molecule has 0 aromatic heterocycles. The lowest BCUT2D eigenvalue weighted by molar-refractivity contribution is 0.209. The lowest BCUT2D eigenvalue weighted by atomic mass is 10.2. The molecule has 0 saturated carbocycles. The topological polar surface area (TPSA) is 13.0 Å². The summed E-state index contributed by atoms with van der Waals surface area (Å²) in [5, 5.41) is 0. The van der Waals surface area contributed by atoms with Gasteiger partial charge in [-0.3, -0.25) is 8.61 Å². The van der Waals surface area contributed by atoms with E-state index < -0.39 is 0 Å². The quantitative estimate of drug-likeness (QED) is 0.713. The van der Waals surface area contributed by atoms with E-state index in [-0.39, 0.29) is 0 Å². The molecule has 2 saturated heterocycles. The minimum Gasteiger partial charge on any atom is -0.358 e. The van der Waals surface area contributed by atoms with E-state index in [9.17, 15) is 0 Å². The molecule has 23 heavy (non-hydrogen) atoms. The Balaban J connectivity index is 1.49. The van der Waals surface area contributed by atoms with E-state index in [1.807, 2.05) is 12.1 Å². The highest BCUT2D eigenvalue weighted by Crippen LogP contribution is 2.35. The molecule has 2 fully saturated rings. The van der Waals surface area contributed by atoms with Crippen molar-refractivity contribution in [1.82, 2.24) is 18.4 Å². The molecule has 0 aliphatic carbocycles. The van der Waals surface area contributed by atoms with Crippen LogP contribution in [-0.2, 0) is 0 Å². The normalized spacial score (nSPS) is 25.9.